The Morgan fingerprint density at radius 2 is 1.85 bits per heavy atom. The molecule has 1 heterocycles. The fraction of sp³-hybridized carbons (Fsp3) is 0.158. The van der Waals surface area contributed by atoms with Gasteiger partial charge in [-0.3, -0.25) is 14.8 Å². The Hall–Kier alpha value is -3.32. The van der Waals surface area contributed by atoms with Gasteiger partial charge in [0.15, 0.2) is 5.76 Å². The SMILES string of the molecule is C[C@H](CNC(=O)c1cc2ccccc2o1)Oc1ccc(C(=O)NO)cc1. The Morgan fingerprint density at radius 3 is 2.54 bits per heavy atom. The van der Waals surface area contributed by atoms with Gasteiger partial charge in [0.05, 0.1) is 6.54 Å². The molecule has 0 saturated heterocycles. The average molecular weight is 354 g/mol. The Morgan fingerprint density at radius 1 is 1.12 bits per heavy atom. The first kappa shape index (κ1) is 17.5. The minimum absolute atomic E-state index is 0.248. The second-order valence-electron chi connectivity index (χ2n) is 5.75. The van der Waals surface area contributed by atoms with Crippen molar-refractivity contribution in [3.8, 4) is 5.75 Å². The van der Waals surface area contributed by atoms with Crippen LogP contribution < -0.4 is 15.5 Å². The van der Waals surface area contributed by atoms with E-state index in [2.05, 4.69) is 5.32 Å². The second kappa shape index (κ2) is 7.71. The first-order chi connectivity index (χ1) is 12.6. The molecule has 0 radical (unpaired) electrons. The summed E-state index contributed by atoms with van der Waals surface area (Å²) in [6.45, 7) is 2.10. The zero-order valence-corrected chi connectivity index (χ0v) is 14.1. The van der Waals surface area contributed by atoms with Gasteiger partial charge in [0.1, 0.15) is 17.4 Å². The quantitative estimate of drug-likeness (QED) is 0.467. The van der Waals surface area contributed by atoms with Crippen LogP contribution in [0.3, 0.4) is 0 Å². The number of rotatable bonds is 6. The lowest BCUT2D eigenvalue weighted by Crippen LogP contribution is -2.33. The van der Waals surface area contributed by atoms with Crippen molar-refractivity contribution in [3.05, 3.63) is 65.9 Å². The maximum absolute atomic E-state index is 12.2. The molecule has 0 bridgehead atoms. The molecule has 2 amide bonds. The predicted molar refractivity (Wildman–Crippen MR) is 94.3 cm³/mol. The molecule has 0 saturated carbocycles. The Balaban J connectivity index is 1.54. The van der Waals surface area contributed by atoms with E-state index < -0.39 is 5.91 Å². The van der Waals surface area contributed by atoms with Crippen LogP contribution in [0.5, 0.6) is 5.75 Å². The third-order valence-corrected chi connectivity index (χ3v) is 3.75. The fourth-order valence-electron chi connectivity index (χ4n) is 2.44. The molecule has 0 unspecified atom stereocenters. The lowest BCUT2D eigenvalue weighted by Gasteiger charge is -2.15. The molecule has 1 atom stereocenters. The van der Waals surface area contributed by atoms with E-state index >= 15 is 0 Å². The highest BCUT2D eigenvalue weighted by atomic mass is 16.5. The molecule has 3 aromatic rings. The van der Waals surface area contributed by atoms with Crippen molar-refractivity contribution in [2.45, 2.75) is 13.0 Å². The number of carbonyl (C=O) groups excluding carboxylic acids is 2. The number of furan rings is 1. The molecule has 3 N–H and O–H groups in total. The molecule has 2 aromatic carbocycles. The van der Waals surface area contributed by atoms with Crippen molar-refractivity contribution in [2.24, 2.45) is 0 Å². The van der Waals surface area contributed by atoms with E-state index in [-0.39, 0.29) is 24.3 Å². The lowest BCUT2D eigenvalue weighted by molar-refractivity contribution is 0.0706. The normalized spacial score (nSPS) is 11.8. The number of para-hydroxylation sites is 1. The van der Waals surface area contributed by atoms with Crippen LogP contribution in [0.4, 0.5) is 0 Å². The Labute approximate surface area is 149 Å². The Kier molecular flexibility index (Phi) is 5.19. The summed E-state index contributed by atoms with van der Waals surface area (Å²) in [6, 6.07) is 15.4. The Bertz CT molecular complexity index is 884. The van der Waals surface area contributed by atoms with Gasteiger partial charge in [-0.1, -0.05) is 18.2 Å². The van der Waals surface area contributed by atoms with E-state index in [4.69, 9.17) is 14.4 Å². The average Bonchev–Trinajstić information content (AvgIpc) is 3.10. The minimum atomic E-state index is -0.595. The minimum Gasteiger partial charge on any atom is -0.489 e. The fourth-order valence-corrected chi connectivity index (χ4v) is 2.44. The van der Waals surface area contributed by atoms with Crippen LogP contribution in [-0.2, 0) is 0 Å². The van der Waals surface area contributed by atoms with E-state index in [0.717, 1.165) is 5.39 Å². The van der Waals surface area contributed by atoms with Crippen LogP contribution in [0.25, 0.3) is 11.0 Å². The zero-order chi connectivity index (χ0) is 18.5. The maximum Gasteiger partial charge on any atom is 0.287 e. The van der Waals surface area contributed by atoms with Gasteiger partial charge >= 0.3 is 0 Å². The summed E-state index contributed by atoms with van der Waals surface area (Å²) in [5, 5.41) is 12.2. The molecule has 0 aliphatic heterocycles. The zero-order valence-electron chi connectivity index (χ0n) is 14.1. The summed E-state index contributed by atoms with van der Waals surface area (Å²) in [7, 11) is 0. The third kappa shape index (κ3) is 4.01. The van der Waals surface area contributed by atoms with E-state index in [1.807, 2.05) is 25.1 Å². The first-order valence-electron chi connectivity index (χ1n) is 8.05. The first-order valence-corrected chi connectivity index (χ1v) is 8.05. The molecule has 3 rings (SSSR count). The molecule has 26 heavy (non-hydrogen) atoms. The number of carbonyl (C=O) groups is 2. The van der Waals surface area contributed by atoms with Crippen LogP contribution in [-0.4, -0.2) is 29.7 Å². The van der Waals surface area contributed by atoms with Gasteiger partial charge in [-0.05, 0) is 43.3 Å². The summed E-state index contributed by atoms with van der Waals surface area (Å²) >= 11 is 0. The number of nitrogens with one attached hydrogen (secondary N) is 2. The monoisotopic (exact) mass is 354 g/mol. The van der Waals surface area contributed by atoms with E-state index in [1.54, 1.807) is 29.7 Å². The van der Waals surface area contributed by atoms with E-state index in [9.17, 15) is 9.59 Å². The molecule has 7 nitrogen and oxygen atoms in total. The molecular weight excluding hydrogens is 336 g/mol. The van der Waals surface area contributed by atoms with Crippen molar-refractivity contribution < 1.29 is 24.0 Å². The standard InChI is InChI=1S/C19H18N2O5/c1-12(25-15-8-6-13(7-9-15)18(22)21-24)11-20-19(23)17-10-14-4-2-3-5-16(14)26-17/h2-10,12,24H,11H2,1H3,(H,20,23)(H,21,22)/t12-/m1/s1. The number of hydrogen-bond acceptors (Lipinski definition) is 5. The molecular formula is C19H18N2O5. The van der Waals surface area contributed by atoms with Crippen molar-refractivity contribution in [2.75, 3.05) is 6.54 Å². The van der Waals surface area contributed by atoms with Gasteiger partial charge in [0.25, 0.3) is 11.8 Å². The van der Waals surface area contributed by atoms with E-state index in [0.29, 0.717) is 16.9 Å². The van der Waals surface area contributed by atoms with Crippen molar-refractivity contribution >= 4 is 22.8 Å². The summed E-state index contributed by atoms with van der Waals surface area (Å²) in [4.78, 5) is 23.5. The highest BCUT2D eigenvalue weighted by Gasteiger charge is 2.14. The highest BCUT2D eigenvalue weighted by molar-refractivity contribution is 5.96. The molecule has 0 aliphatic rings. The van der Waals surface area contributed by atoms with Gasteiger partial charge in [0, 0.05) is 10.9 Å². The number of amides is 2. The number of hydroxylamine groups is 1. The molecule has 0 fully saturated rings. The van der Waals surface area contributed by atoms with Gasteiger partial charge in [-0.25, -0.2) is 5.48 Å². The predicted octanol–water partition coefficient (Wildman–Crippen LogP) is 2.75. The van der Waals surface area contributed by atoms with Gasteiger partial charge in [-0.15, -0.1) is 0 Å². The lowest BCUT2D eigenvalue weighted by atomic mass is 10.2. The van der Waals surface area contributed by atoms with E-state index in [1.165, 1.54) is 12.1 Å². The summed E-state index contributed by atoms with van der Waals surface area (Å²) in [5.41, 5.74) is 2.54. The van der Waals surface area contributed by atoms with Crippen molar-refractivity contribution in [1.29, 1.82) is 0 Å². The molecule has 1 aromatic heterocycles. The number of fused-ring (bicyclic) bond motifs is 1. The topological polar surface area (TPSA) is 101 Å². The molecule has 0 aliphatic carbocycles. The van der Waals surface area contributed by atoms with Gasteiger partial charge in [-0.2, -0.15) is 0 Å². The van der Waals surface area contributed by atoms with Crippen LogP contribution in [0.2, 0.25) is 0 Å². The van der Waals surface area contributed by atoms with Crippen molar-refractivity contribution in [3.63, 3.8) is 0 Å². The van der Waals surface area contributed by atoms with Gasteiger partial charge in [0.2, 0.25) is 0 Å². The van der Waals surface area contributed by atoms with Crippen molar-refractivity contribution in [1.82, 2.24) is 10.8 Å². The van der Waals surface area contributed by atoms with Crippen LogP contribution in [0, 0.1) is 0 Å². The molecule has 0 spiro atoms. The van der Waals surface area contributed by atoms with Gasteiger partial charge < -0.3 is 14.5 Å². The third-order valence-electron chi connectivity index (χ3n) is 3.75. The highest BCUT2D eigenvalue weighted by Crippen LogP contribution is 2.18. The number of hydrogen-bond donors (Lipinski definition) is 3. The largest absolute Gasteiger partial charge is 0.489 e. The molecule has 7 heteroatoms. The summed E-state index contributed by atoms with van der Waals surface area (Å²) in [5.74, 6) is -0.114. The van der Waals surface area contributed by atoms with Crippen LogP contribution in [0.1, 0.15) is 27.8 Å². The summed E-state index contributed by atoms with van der Waals surface area (Å²) in [6.07, 6.45) is -0.291. The number of ether oxygens (including phenoxy) is 1. The second-order valence-corrected chi connectivity index (χ2v) is 5.75. The molecule has 134 valence electrons. The van der Waals surface area contributed by atoms with Crippen LogP contribution >= 0.6 is 0 Å². The van der Waals surface area contributed by atoms with Crippen LogP contribution in [0.15, 0.2) is 59.0 Å². The number of benzene rings is 2. The summed E-state index contributed by atoms with van der Waals surface area (Å²) < 4.78 is 11.2. The maximum atomic E-state index is 12.2. The smallest absolute Gasteiger partial charge is 0.287 e.